The Hall–Kier alpha value is -1.49. The zero-order valence-corrected chi connectivity index (χ0v) is 10.5. The van der Waals surface area contributed by atoms with Crippen molar-refractivity contribution in [3.8, 4) is 0 Å². The Balaban J connectivity index is 2.13. The fraction of sp³-hybridized carbons (Fsp3) is 0.615. The molecular weight excluding hydrogens is 232 g/mol. The molecule has 1 fully saturated rings. The number of carboxylic acids is 1. The molecule has 1 atom stereocenters. The highest BCUT2D eigenvalue weighted by Gasteiger charge is 2.27. The van der Waals surface area contributed by atoms with Crippen LogP contribution in [0, 0.1) is 5.92 Å². The molecule has 1 aromatic heterocycles. The molecule has 1 unspecified atom stereocenters. The number of methoxy groups -OCH3 is 1. The van der Waals surface area contributed by atoms with Crippen LogP contribution in [0.25, 0.3) is 0 Å². The van der Waals surface area contributed by atoms with Gasteiger partial charge in [0.1, 0.15) is 6.10 Å². The molecule has 2 rings (SSSR count). The number of carbonyl (C=O) groups is 1. The van der Waals surface area contributed by atoms with Crippen LogP contribution in [0.4, 0.5) is 0 Å². The molecule has 0 radical (unpaired) electrons. The van der Waals surface area contributed by atoms with E-state index in [0.717, 1.165) is 12.8 Å². The zero-order valence-electron chi connectivity index (χ0n) is 10.5. The van der Waals surface area contributed by atoms with Crippen LogP contribution in [0.3, 0.4) is 0 Å². The molecule has 0 aliphatic heterocycles. The summed E-state index contributed by atoms with van der Waals surface area (Å²) >= 11 is 0. The highest BCUT2D eigenvalue weighted by atomic mass is 16.5. The predicted molar refractivity (Wildman–Crippen MR) is 65.3 cm³/mol. The molecule has 18 heavy (non-hydrogen) atoms. The van der Waals surface area contributed by atoms with Crippen LogP contribution in [0.1, 0.15) is 54.4 Å². The van der Waals surface area contributed by atoms with Crippen LogP contribution in [0.2, 0.25) is 0 Å². The van der Waals surface area contributed by atoms with Crippen molar-refractivity contribution in [2.75, 3.05) is 7.11 Å². The van der Waals surface area contributed by atoms with E-state index in [1.54, 1.807) is 7.11 Å². The lowest BCUT2D eigenvalue weighted by Gasteiger charge is -2.28. The second-order valence-corrected chi connectivity index (χ2v) is 4.69. The lowest BCUT2D eigenvalue weighted by Crippen LogP contribution is -2.20. The highest BCUT2D eigenvalue weighted by molar-refractivity contribution is 5.86. The third-order valence-corrected chi connectivity index (χ3v) is 3.51. The van der Waals surface area contributed by atoms with Gasteiger partial charge >= 0.3 is 5.97 Å². The number of ether oxygens (including phenoxy) is 1. The quantitative estimate of drug-likeness (QED) is 0.888. The smallest absolute Gasteiger partial charge is 0.338 e. The van der Waals surface area contributed by atoms with Crippen LogP contribution < -0.4 is 0 Å². The van der Waals surface area contributed by atoms with Gasteiger partial charge in [-0.2, -0.15) is 0 Å². The fourth-order valence-corrected chi connectivity index (χ4v) is 2.54. The van der Waals surface area contributed by atoms with Crippen LogP contribution in [-0.4, -0.2) is 28.2 Å². The normalized spacial score (nSPS) is 18.5. The van der Waals surface area contributed by atoms with Crippen LogP contribution >= 0.6 is 0 Å². The first-order valence-corrected chi connectivity index (χ1v) is 6.30. The molecule has 1 aliphatic rings. The van der Waals surface area contributed by atoms with E-state index in [-0.39, 0.29) is 11.7 Å². The van der Waals surface area contributed by atoms with Crippen molar-refractivity contribution in [3.05, 3.63) is 23.8 Å². The van der Waals surface area contributed by atoms with E-state index in [4.69, 9.17) is 9.84 Å². The first-order valence-electron chi connectivity index (χ1n) is 6.30. The molecule has 5 heteroatoms. The standard InChI is InChI=1S/C13H18N2O3/c1-18-11(9-5-3-2-4-6-9)12-14-7-10(8-15-12)13(16)17/h7-9,11H,2-6H2,1H3,(H,16,17). The van der Waals surface area contributed by atoms with Crippen LogP contribution in [0.5, 0.6) is 0 Å². The van der Waals surface area contributed by atoms with E-state index in [2.05, 4.69) is 9.97 Å². The second-order valence-electron chi connectivity index (χ2n) is 4.69. The summed E-state index contributed by atoms with van der Waals surface area (Å²) in [6.45, 7) is 0. The number of rotatable bonds is 4. The summed E-state index contributed by atoms with van der Waals surface area (Å²) in [6.07, 6.45) is 8.55. The van der Waals surface area contributed by atoms with Crippen molar-refractivity contribution in [3.63, 3.8) is 0 Å². The number of aromatic carboxylic acids is 1. The topological polar surface area (TPSA) is 72.3 Å². The number of hydrogen-bond acceptors (Lipinski definition) is 4. The summed E-state index contributed by atoms with van der Waals surface area (Å²) in [5, 5.41) is 8.81. The first kappa shape index (κ1) is 13.0. The highest BCUT2D eigenvalue weighted by Crippen LogP contribution is 2.34. The summed E-state index contributed by atoms with van der Waals surface area (Å²) in [6, 6.07) is 0. The Morgan fingerprint density at radius 1 is 1.33 bits per heavy atom. The Labute approximate surface area is 106 Å². The van der Waals surface area contributed by atoms with Gasteiger partial charge in [0.25, 0.3) is 0 Å². The van der Waals surface area contributed by atoms with Crippen LogP contribution in [-0.2, 0) is 4.74 Å². The molecule has 1 heterocycles. The van der Waals surface area contributed by atoms with E-state index in [9.17, 15) is 4.79 Å². The summed E-state index contributed by atoms with van der Waals surface area (Å²) in [5.74, 6) is 0.0296. The van der Waals surface area contributed by atoms with Crippen molar-refractivity contribution < 1.29 is 14.6 Å². The maximum atomic E-state index is 10.7. The number of carboxylic acid groups (broad SMARTS) is 1. The van der Waals surface area contributed by atoms with Gasteiger partial charge < -0.3 is 9.84 Å². The molecular formula is C13H18N2O3. The maximum Gasteiger partial charge on any atom is 0.338 e. The summed E-state index contributed by atoms with van der Waals surface area (Å²) in [5.41, 5.74) is 0.109. The van der Waals surface area contributed by atoms with Gasteiger partial charge in [-0.05, 0) is 18.8 Å². The number of aromatic nitrogens is 2. The maximum absolute atomic E-state index is 10.7. The Bertz CT molecular complexity index is 399. The van der Waals surface area contributed by atoms with E-state index in [0.29, 0.717) is 11.7 Å². The number of hydrogen-bond donors (Lipinski definition) is 1. The minimum absolute atomic E-state index is 0.109. The third-order valence-electron chi connectivity index (χ3n) is 3.51. The van der Waals surface area contributed by atoms with E-state index < -0.39 is 5.97 Å². The molecule has 1 N–H and O–H groups in total. The predicted octanol–water partition coefficient (Wildman–Crippen LogP) is 2.44. The SMILES string of the molecule is COC(c1ncc(C(=O)O)cn1)C1CCCCC1. The van der Waals surface area contributed by atoms with E-state index in [1.807, 2.05) is 0 Å². The minimum atomic E-state index is -1.01. The molecule has 5 nitrogen and oxygen atoms in total. The Kier molecular flexibility index (Phi) is 4.25. The van der Waals surface area contributed by atoms with E-state index in [1.165, 1.54) is 31.7 Å². The van der Waals surface area contributed by atoms with Gasteiger partial charge in [0, 0.05) is 19.5 Å². The molecule has 1 aromatic rings. The lowest BCUT2D eigenvalue weighted by molar-refractivity contribution is 0.0288. The summed E-state index contributed by atoms with van der Waals surface area (Å²) in [4.78, 5) is 19.0. The average molecular weight is 250 g/mol. The number of nitrogens with zero attached hydrogens (tertiary/aromatic N) is 2. The van der Waals surface area contributed by atoms with Crippen molar-refractivity contribution in [2.45, 2.75) is 38.2 Å². The third kappa shape index (κ3) is 2.85. The second kappa shape index (κ2) is 5.91. The van der Waals surface area contributed by atoms with Gasteiger partial charge in [-0.1, -0.05) is 19.3 Å². The fourth-order valence-electron chi connectivity index (χ4n) is 2.54. The van der Waals surface area contributed by atoms with Gasteiger partial charge in [0.05, 0.1) is 5.56 Å². The molecule has 0 aromatic carbocycles. The average Bonchev–Trinajstić information content (AvgIpc) is 2.41. The molecule has 1 aliphatic carbocycles. The van der Waals surface area contributed by atoms with Crippen molar-refractivity contribution in [1.82, 2.24) is 9.97 Å². The van der Waals surface area contributed by atoms with E-state index >= 15 is 0 Å². The van der Waals surface area contributed by atoms with Crippen molar-refractivity contribution in [1.29, 1.82) is 0 Å². The molecule has 0 saturated heterocycles. The van der Waals surface area contributed by atoms with Gasteiger partial charge in [0.2, 0.25) is 0 Å². The molecule has 0 bridgehead atoms. The molecule has 0 amide bonds. The largest absolute Gasteiger partial charge is 0.478 e. The molecule has 1 saturated carbocycles. The lowest BCUT2D eigenvalue weighted by atomic mass is 9.85. The molecule has 98 valence electrons. The Morgan fingerprint density at radius 2 is 1.94 bits per heavy atom. The zero-order chi connectivity index (χ0) is 13.0. The monoisotopic (exact) mass is 250 g/mol. The summed E-state index contributed by atoms with van der Waals surface area (Å²) in [7, 11) is 1.66. The van der Waals surface area contributed by atoms with Gasteiger partial charge in [-0.3, -0.25) is 0 Å². The minimum Gasteiger partial charge on any atom is -0.478 e. The molecule has 0 spiro atoms. The van der Waals surface area contributed by atoms with Crippen molar-refractivity contribution in [2.24, 2.45) is 5.92 Å². The van der Waals surface area contributed by atoms with Crippen LogP contribution in [0.15, 0.2) is 12.4 Å². The summed E-state index contributed by atoms with van der Waals surface area (Å²) < 4.78 is 5.50. The van der Waals surface area contributed by atoms with Gasteiger partial charge in [0.15, 0.2) is 5.82 Å². The Morgan fingerprint density at radius 3 is 2.44 bits per heavy atom. The van der Waals surface area contributed by atoms with Crippen molar-refractivity contribution >= 4 is 5.97 Å². The first-order chi connectivity index (χ1) is 8.72. The van der Waals surface area contributed by atoms with Gasteiger partial charge in [-0.15, -0.1) is 0 Å². The van der Waals surface area contributed by atoms with Gasteiger partial charge in [-0.25, -0.2) is 14.8 Å².